The molecule has 2 unspecified atom stereocenters. The molecular formula is C22H25FN2O2. The highest BCUT2D eigenvalue weighted by atomic mass is 19.1. The summed E-state index contributed by atoms with van der Waals surface area (Å²) in [6.07, 6.45) is 1.44. The van der Waals surface area contributed by atoms with E-state index in [1.165, 1.54) is 6.07 Å². The van der Waals surface area contributed by atoms with Crippen molar-refractivity contribution in [3.63, 3.8) is 0 Å². The highest BCUT2D eigenvalue weighted by Crippen LogP contribution is 2.34. The second-order valence-electron chi connectivity index (χ2n) is 7.18. The van der Waals surface area contributed by atoms with Crippen molar-refractivity contribution < 1.29 is 14.0 Å². The summed E-state index contributed by atoms with van der Waals surface area (Å²) in [6, 6.07) is 14.6. The fraction of sp³-hybridized carbons (Fsp3) is 0.364. The van der Waals surface area contributed by atoms with Crippen LogP contribution in [0.15, 0.2) is 48.5 Å². The van der Waals surface area contributed by atoms with Gasteiger partial charge in [-0.15, -0.1) is 0 Å². The van der Waals surface area contributed by atoms with Gasteiger partial charge in [0.05, 0.1) is 12.0 Å². The van der Waals surface area contributed by atoms with Gasteiger partial charge < -0.3 is 10.2 Å². The molecule has 1 saturated heterocycles. The number of nitrogens with zero attached hydrogens (tertiary/aromatic N) is 1. The molecule has 2 amide bonds. The van der Waals surface area contributed by atoms with Crippen molar-refractivity contribution in [1.29, 1.82) is 0 Å². The Balaban J connectivity index is 1.66. The third-order valence-corrected chi connectivity index (χ3v) is 5.19. The number of halogens is 1. The van der Waals surface area contributed by atoms with Crippen molar-refractivity contribution in [2.75, 3.05) is 6.54 Å². The summed E-state index contributed by atoms with van der Waals surface area (Å²) in [7, 11) is 0. The SMILES string of the molecule is CC(=O)N1CC(C(=O)NCc2ccccc2F)CCC1c1cccc(C)c1. The average Bonchev–Trinajstić information content (AvgIpc) is 2.66. The van der Waals surface area contributed by atoms with Crippen molar-refractivity contribution in [2.24, 2.45) is 5.92 Å². The van der Waals surface area contributed by atoms with Gasteiger partial charge in [-0.2, -0.15) is 0 Å². The Hall–Kier alpha value is -2.69. The van der Waals surface area contributed by atoms with E-state index >= 15 is 0 Å². The number of benzene rings is 2. The number of nitrogens with one attached hydrogen (secondary N) is 1. The van der Waals surface area contributed by atoms with Gasteiger partial charge in [0.2, 0.25) is 11.8 Å². The van der Waals surface area contributed by atoms with Crippen molar-refractivity contribution in [2.45, 2.75) is 39.3 Å². The first kappa shape index (κ1) is 19.1. The van der Waals surface area contributed by atoms with Crippen LogP contribution in [0.5, 0.6) is 0 Å². The van der Waals surface area contributed by atoms with Crippen LogP contribution in [-0.2, 0) is 16.1 Å². The minimum Gasteiger partial charge on any atom is -0.352 e. The van der Waals surface area contributed by atoms with Crippen LogP contribution in [0.2, 0.25) is 0 Å². The molecule has 27 heavy (non-hydrogen) atoms. The molecule has 1 N–H and O–H groups in total. The monoisotopic (exact) mass is 368 g/mol. The Morgan fingerprint density at radius 1 is 1.15 bits per heavy atom. The highest BCUT2D eigenvalue weighted by Gasteiger charge is 2.34. The molecule has 1 heterocycles. The average molecular weight is 368 g/mol. The van der Waals surface area contributed by atoms with E-state index in [-0.39, 0.29) is 36.1 Å². The second kappa shape index (κ2) is 8.33. The summed E-state index contributed by atoms with van der Waals surface area (Å²) >= 11 is 0. The lowest BCUT2D eigenvalue weighted by Gasteiger charge is -2.39. The summed E-state index contributed by atoms with van der Waals surface area (Å²) in [5.74, 6) is -0.770. The highest BCUT2D eigenvalue weighted by molar-refractivity contribution is 5.81. The van der Waals surface area contributed by atoms with E-state index in [4.69, 9.17) is 0 Å². The molecule has 4 nitrogen and oxygen atoms in total. The van der Waals surface area contributed by atoms with Gasteiger partial charge in [-0.25, -0.2) is 4.39 Å². The van der Waals surface area contributed by atoms with Gasteiger partial charge in [0.25, 0.3) is 0 Å². The summed E-state index contributed by atoms with van der Waals surface area (Å²) in [4.78, 5) is 26.6. The van der Waals surface area contributed by atoms with E-state index in [1.807, 2.05) is 25.1 Å². The van der Waals surface area contributed by atoms with E-state index < -0.39 is 0 Å². The quantitative estimate of drug-likeness (QED) is 0.894. The maximum atomic E-state index is 13.7. The van der Waals surface area contributed by atoms with Crippen LogP contribution in [0.25, 0.3) is 0 Å². The first-order chi connectivity index (χ1) is 13.0. The number of carbonyl (C=O) groups excluding carboxylic acids is 2. The summed E-state index contributed by atoms with van der Waals surface area (Å²) in [5, 5.41) is 2.82. The topological polar surface area (TPSA) is 49.4 Å². The first-order valence-electron chi connectivity index (χ1n) is 9.30. The zero-order chi connectivity index (χ0) is 19.4. The zero-order valence-electron chi connectivity index (χ0n) is 15.7. The predicted octanol–water partition coefficient (Wildman–Crippen LogP) is 3.75. The molecule has 2 atom stereocenters. The van der Waals surface area contributed by atoms with Gasteiger partial charge in [0.15, 0.2) is 0 Å². The maximum absolute atomic E-state index is 13.7. The molecule has 0 bridgehead atoms. The van der Waals surface area contributed by atoms with Gasteiger partial charge in [-0.3, -0.25) is 9.59 Å². The van der Waals surface area contributed by atoms with Crippen LogP contribution in [-0.4, -0.2) is 23.3 Å². The lowest BCUT2D eigenvalue weighted by atomic mass is 9.88. The fourth-order valence-corrected chi connectivity index (χ4v) is 3.73. The Bertz CT molecular complexity index is 837. The normalized spacial score (nSPS) is 19.6. The van der Waals surface area contributed by atoms with Crippen LogP contribution >= 0.6 is 0 Å². The van der Waals surface area contributed by atoms with Crippen molar-refractivity contribution >= 4 is 11.8 Å². The third-order valence-electron chi connectivity index (χ3n) is 5.19. The molecule has 0 saturated carbocycles. The van der Waals surface area contributed by atoms with Gasteiger partial charge in [-0.05, 0) is 31.4 Å². The van der Waals surface area contributed by atoms with Crippen LogP contribution in [0.3, 0.4) is 0 Å². The minimum atomic E-state index is -0.327. The first-order valence-corrected chi connectivity index (χ1v) is 9.30. The molecule has 0 spiro atoms. The number of piperidine rings is 1. The molecule has 0 aromatic heterocycles. The molecular weight excluding hydrogens is 343 g/mol. The van der Waals surface area contributed by atoms with Crippen molar-refractivity contribution in [1.82, 2.24) is 10.2 Å². The zero-order valence-corrected chi connectivity index (χ0v) is 15.7. The van der Waals surface area contributed by atoms with E-state index in [0.29, 0.717) is 18.5 Å². The lowest BCUT2D eigenvalue weighted by molar-refractivity contribution is -0.137. The molecule has 0 aliphatic carbocycles. The van der Waals surface area contributed by atoms with Gasteiger partial charge in [0.1, 0.15) is 5.82 Å². The van der Waals surface area contributed by atoms with Crippen LogP contribution in [0.1, 0.15) is 42.5 Å². The second-order valence-corrected chi connectivity index (χ2v) is 7.18. The molecule has 5 heteroatoms. The predicted molar refractivity (Wildman–Crippen MR) is 102 cm³/mol. The van der Waals surface area contributed by atoms with E-state index in [2.05, 4.69) is 11.4 Å². The summed E-state index contributed by atoms with van der Waals surface area (Å²) < 4.78 is 13.7. The number of hydrogen-bond acceptors (Lipinski definition) is 2. The number of hydrogen-bond donors (Lipinski definition) is 1. The van der Waals surface area contributed by atoms with E-state index in [1.54, 1.807) is 30.0 Å². The Morgan fingerprint density at radius 2 is 1.93 bits per heavy atom. The third kappa shape index (κ3) is 4.54. The van der Waals surface area contributed by atoms with E-state index in [9.17, 15) is 14.0 Å². The van der Waals surface area contributed by atoms with Crippen LogP contribution in [0, 0.1) is 18.7 Å². The number of amides is 2. The van der Waals surface area contributed by atoms with Gasteiger partial charge in [-0.1, -0.05) is 48.0 Å². The molecule has 3 rings (SSSR count). The molecule has 1 fully saturated rings. The Labute approximate surface area is 159 Å². The lowest BCUT2D eigenvalue weighted by Crippen LogP contribution is -2.46. The van der Waals surface area contributed by atoms with Gasteiger partial charge >= 0.3 is 0 Å². The van der Waals surface area contributed by atoms with Crippen molar-refractivity contribution in [3.05, 3.63) is 71.0 Å². The maximum Gasteiger partial charge on any atom is 0.225 e. The smallest absolute Gasteiger partial charge is 0.225 e. The van der Waals surface area contributed by atoms with Crippen molar-refractivity contribution in [3.8, 4) is 0 Å². The molecule has 1 aliphatic heterocycles. The molecule has 142 valence electrons. The minimum absolute atomic E-state index is 0.00184. The number of carbonyl (C=O) groups is 2. The Kier molecular flexibility index (Phi) is 5.89. The Morgan fingerprint density at radius 3 is 2.63 bits per heavy atom. The molecule has 2 aromatic rings. The summed E-state index contributed by atoms with van der Waals surface area (Å²) in [6.45, 7) is 4.12. The van der Waals surface area contributed by atoms with E-state index in [0.717, 1.165) is 17.5 Å². The standard InChI is InChI=1S/C22H25FN2O2/c1-15-6-5-8-17(12-15)21-11-10-19(14-25(21)16(2)26)22(27)24-13-18-7-3-4-9-20(18)23/h3-9,12,19,21H,10-11,13-14H2,1-2H3,(H,24,27). The number of likely N-dealkylation sites (tertiary alicyclic amines) is 1. The largest absolute Gasteiger partial charge is 0.352 e. The molecule has 2 aromatic carbocycles. The molecule has 1 aliphatic rings. The number of rotatable bonds is 4. The summed E-state index contributed by atoms with van der Waals surface area (Å²) in [5.41, 5.74) is 2.72. The number of aryl methyl sites for hydroxylation is 1. The molecule has 0 radical (unpaired) electrons. The fourth-order valence-electron chi connectivity index (χ4n) is 3.73. The van der Waals surface area contributed by atoms with Crippen LogP contribution < -0.4 is 5.32 Å². The van der Waals surface area contributed by atoms with Gasteiger partial charge in [0, 0.05) is 25.6 Å². The van der Waals surface area contributed by atoms with Crippen LogP contribution in [0.4, 0.5) is 4.39 Å².